The molecule has 3 aromatic rings. The molecule has 100 valence electrons. The van der Waals surface area contributed by atoms with Crippen molar-refractivity contribution in [1.29, 1.82) is 0 Å². The second-order valence-electron chi connectivity index (χ2n) is 4.13. The summed E-state index contributed by atoms with van der Waals surface area (Å²) in [7, 11) is 0. The van der Waals surface area contributed by atoms with E-state index in [1.807, 2.05) is 12.1 Å². The molecule has 0 aliphatic rings. The number of halogens is 2. The lowest BCUT2D eigenvalue weighted by atomic mass is 10.2. The van der Waals surface area contributed by atoms with Crippen molar-refractivity contribution in [1.82, 2.24) is 10.1 Å². The highest BCUT2D eigenvalue weighted by Gasteiger charge is 2.15. The number of rotatable bonds is 2. The van der Waals surface area contributed by atoms with Crippen LogP contribution in [0.1, 0.15) is 0 Å². The Morgan fingerprint density at radius 2 is 1.90 bits per heavy atom. The van der Waals surface area contributed by atoms with E-state index in [0.717, 1.165) is 3.57 Å². The van der Waals surface area contributed by atoms with Crippen LogP contribution >= 0.6 is 22.6 Å². The van der Waals surface area contributed by atoms with Gasteiger partial charge in [-0.05, 0) is 52.9 Å². The van der Waals surface area contributed by atoms with E-state index in [2.05, 4.69) is 32.7 Å². The zero-order valence-electron chi connectivity index (χ0n) is 10.2. The Morgan fingerprint density at radius 3 is 2.70 bits per heavy atom. The van der Waals surface area contributed by atoms with Gasteiger partial charge in [0.1, 0.15) is 5.82 Å². The highest BCUT2D eigenvalue weighted by molar-refractivity contribution is 14.1. The number of aromatic nitrogens is 2. The lowest BCUT2D eigenvalue weighted by Gasteiger charge is -2.00. The van der Waals surface area contributed by atoms with Crippen molar-refractivity contribution < 1.29 is 8.91 Å². The minimum atomic E-state index is -0.393. The van der Waals surface area contributed by atoms with Crippen LogP contribution in [0.5, 0.6) is 0 Å². The molecule has 0 saturated heterocycles. The van der Waals surface area contributed by atoms with Gasteiger partial charge in [-0.25, -0.2) is 4.39 Å². The van der Waals surface area contributed by atoms with Crippen LogP contribution < -0.4 is 5.73 Å². The predicted octanol–water partition coefficient (Wildman–Crippen LogP) is 3.73. The molecule has 2 N–H and O–H groups in total. The molecule has 6 heteroatoms. The van der Waals surface area contributed by atoms with Crippen LogP contribution in [0, 0.1) is 9.39 Å². The van der Waals surface area contributed by atoms with Gasteiger partial charge in [0.25, 0.3) is 5.89 Å². The van der Waals surface area contributed by atoms with E-state index in [1.54, 1.807) is 24.3 Å². The van der Waals surface area contributed by atoms with Crippen molar-refractivity contribution in [2.75, 3.05) is 5.73 Å². The van der Waals surface area contributed by atoms with Gasteiger partial charge < -0.3 is 10.3 Å². The number of benzene rings is 2. The van der Waals surface area contributed by atoms with E-state index in [0.29, 0.717) is 16.8 Å². The second-order valence-corrected chi connectivity index (χ2v) is 5.38. The number of hydrogen-bond acceptors (Lipinski definition) is 4. The monoisotopic (exact) mass is 381 g/mol. The molecular formula is C14H9FIN3O. The normalized spacial score (nSPS) is 10.7. The fraction of sp³-hybridized carbons (Fsp3) is 0. The second kappa shape index (κ2) is 5.20. The summed E-state index contributed by atoms with van der Waals surface area (Å²) in [5.74, 6) is 0.0890. The van der Waals surface area contributed by atoms with Crippen LogP contribution in [0.15, 0.2) is 47.0 Å². The van der Waals surface area contributed by atoms with Gasteiger partial charge in [0.2, 0.25) is 5.82 Å². The molecule has 0 aliphatic heterocycles. The van der Waals surface area contributed by atoms with Gasteiger partial charge in [0, 0.05) is 9.26 Å². The summed E-state index contributed by atoms with van der Waals surface area (Å²) in [5.41, 5.74) is 7.37. The summed E-state index contributed by atoms with van der Waals surface area (Å²) in [5, 5.41) is 3.81. The molecular weight excluding hydrogens is 372 g/mol. The maximum atomic E-state index is 13.7. The van der Waals surface area contributed by atoms with Gasteiger partial charge in [-0.1, -0.05) is 17.3 Å². The first-order chi connectivity index (χ1) is 9.65. The van der Waals surface area contributed by atoms with Crippen molar-refractivity contribution in [3.05, 3.63) is 51.9 Å². The third-order valence-electron chi connectivity index (χ3n) is 2.79. The number of hydrogen-bond donors (Lipinski definition) is 1. The molecule has 4 nitrogen and oxygen atoms in total. The van der Waals surface area contributed by atoms with E-state index in [9.17, 15) is 4.39 Å². The Kier molecular flexibility index (Phi) is 3.39. The lowest BCUT2D eigenvalue weighted by Crippen LogP contribution is -1.91. The van der Waals surface area contributed by atoms with Gasteiger partial charge >= 0.3 is 0 Å². The molecule has 2 aromatic carbocycles. The maximum Gasteiger partial charge on any atom is 0.260 e. The van der Waals surface area contributed by atoms with Crippen molar-refractivity contribution >= 4 is 28.3 Å². The summed E-state index contributed by atoms with van der Waals surface area (Å²) >= 11 is 2.17. The highest BCUT2D eigenvalue weighted by atomic mass is 127. The largest absolute Gasteiger partial charge is 0.398 e. The van der Waals surface area contributed by atoms with Crippen LogP contribution in [0.3, 0.4) is 0 Å². The molecule has 0 spiro atoms. The van der Waals surface area contributed by atoms with E-state index in [1.165, 1.54) is 6.07 Å². The molecule has 1 aromatic heterocycles. The number of anilines is 1. The first kappa shape index (κ1) is 13.0. The average Bonchev–Trinajstić information content (AvgIpc) is 2.91. The van der Waals surface area contributed by atoms with Gasteiger partial charge in [-0.15, -0.1) is 0 Å². The SMILES string of the molecule is Nc1ccc(I)cc1-c1nc(-c2ccccc2F)no1. The standard InChI is InChI=1S/C14H9FIN3O/c15-11-4-2-1-3-9(11)13-18-14(20-19-13)10-7-8(16)5-6-12(10)17/h1-7H,17H2. The van der Waals surface area contributed by atoms with Gasteiger partial charge in [-0.3, -0.25) is 0 Å². The summed E-state index contributed by atoms with van der Waals surface area (Å²) < 4.78 is 19.9. The fourth-order valence-corrected chi connectivity index (χ4v) is 2.29. The first-order valence-electron chi connectivity index (χ1n) is 5.79. The van der Waals surface area contributed by atoms with E-state index in [4.69, 9.17) is 10.3 Å². The average molecular weight is 381 g/mol. The summed E-state index contributed by atoms with van der Waals surface area (Å²) in [6.45, 7) is 0. The van der Waals surface area contributed by atoms with E-state index >= 15 is 0 Å². The van der Waals surface area contributed by atoms with E-state index < -0.39 is 5.82 Å². The van der Waals surface area contributed by atoms with Gasteiger partial charge in [0.15, 0.2) is 0 Å². The molecule has 20 heavy (non-hydrogen) atoms. The summed E-state index contributed by atoms with van der Waals surface area (Å²) in [6, 6.07) is 11.8. The molecule has 0 amide bonds. The zero-order chi connectivity index (χ0) is 14.1. The Hall–Kier alpha value is -1.96. The molecule has 0 unspecified atom stereocenters. The van der Waals surface area contributed by atoms with Crippen LogP contribution in [-0.2, 0) is 0 Å². The number of nitrogens with zero attached hydrogens (tertiary/aromatic N) is 2. The molecule has 0 aliphatic carbocycles. The van der Waals surface area contributed by atoms with Crippen LogP contribution in [0.25, 0.3) is 22.8 Å². The minimum Gasteiger partial charge on any atom is -0.398 e. The first-order valence-corrected chi connectivity index (χ1v) is 6.87. The Bertz CT molecular complexity index is 773. The third-order valence-corrected chi connectivity index (χ3v) is 3.46. The minimum absolute atomic E-state index is 0.205. The molecule has 0 bridgehead atoms. The number of nitrogen functional groups attached to an aromatic ring is 1. The summed E-state index contributed by atoms with van der Waals surface area (Å²) in [6.07, 6.45) is 0. The maximum absolute atomic E-state index is 13.7. The van der Waals surface area contributed by atoms with E-state index in [-0.39, 0.29) is 11.7 Å². The number of nitrogens with two attached hydrogens (primary N) is 1. The molecule has 0 fully saturated rings. The molecule has 0 saturated carbocycles. The van der Waals surface area contributed by atoms with Crippen molar-refractivity contribution in [2.45, 2.75) is 0 Å². The molecule has 3 rings (SSSR count). The molecule has 1 heterocycles. The Morgan fingerprint density at radius 1 is 1.10 bits per heavy atom. The van der Waals surface area contributed by atoms with Gasteiger partial charge in [-0.2, -0.15) is 4.98 Å². The fourth-order valence-electron chi connectivity index (χ4n) is 1.80. The van der Waals surface area contributed by atoms with Crippen molar-refractivity contribution in [3.8, 4) is 22.8 Å². The zero-order valence-corrected chi connectivity index (χ0v) is 12.3. The Labute approximate surface area is 127 Å². The van der Waals surface area contributed by atoms with Crippen LogP contribution in [0.4, 0.5) is 10.1 Å². The third kappa shape index (κ3) is 2.38. The molecule has 0 atom stereocenters. The lowest BCUT2D eigenvalue weighted by molar-refractivity contribution is 0.432. The van der Waals surface area contributed by atoms with Crippen molar-refractivity contribution in [3.63, 3.8) is 0 Å². The van der Waals surface area contributed by atoms with Crippen LogP contribution in [0.2, 0.25) is 0 Å². The molecule has 0 radical (unpaired) electrons. The van der Waals surface area contributed by atoms with Gasteiger partial charge in [0.05, 0.1) is 11.1 Å². The predicted molar refractivity (Wildman–Crippen MR) is 82.3 cm³/mol. The van der Waals surface area contributed by atoms with Crippen molar-refractivity contribution in [2.24, 2.45) is 0 Å². The quantitative estimate of drug-likeness (QED) is 0.543. The topological polar surface area (TPSA) is 64.9 Å². The Balaban J connectivity index is 2.07. The van der Waals surface area contributed by atoms with Crippen LogP contribution in [-0.4, -0.2) is 10.1 Å². The smallest absolute Gasteiger partial charge is 0.260 e. The summed E-state index contributed by atoms with van der Waals surface area (Å²) in [4.78, 5) is 4.21. The highest BCUT2D eigenvalue weighted by Crippen LogP contribution is 2.28.